The molecule has 0 saturated heterocycles. The Morgan fingerprint density at radius 3 is 2.36 bits per heavy atom. The van der Waals surface area contributed by atoms with Gasteiger partial charge in [0.25, 0.3) is 0 Å². The van der Waals surface area contributed by atoms with Gasteiger partial charge in [-0.1, -0.05) is 49.0 Å². The van der Waals surface area contributed by atoms with Crippen LogP contribution in [0.3, 0.4) is 0 Å². The first-order valence-electron chi connectivity index (χ1n) is 10.4. The molecule has 33 heavy (non-hydrogen) atoms. The molecule has 2 aromatic carbocycles. The lowest BCUT2D eigenvalue weighted by Crippen LogP contribution is -2.23. The van der Waals surface area contributed by atoms with Crippen LogP contribution in [0.4, 0.5) is 5.69 Å². The normalized spacial score (nSPS) is 12.6. The Labute approximate surface area is 198 Å². The molecule has 3 rings (SSSR count). The van der Waals surface area contributed by atoms with Crippen LogP contribution in [0.15, 0.2) is 64.6 Å². The Balaban J connectivity index is 1.74. The molecule has 176 valence electrons. The van der Waals surface area contributed by atoms with Gasteiger partial charge in [0.1, 0.15) is 0 Å². The predicted molar refractivity (Wildman–Crippen MR) is 129 cm³/mol. The maximum atomic E-state index is 12.5. The highest BCUT2D eigenvalue weighted by molar-refractivity contribution is 7.99. The number of hydrogen-bond donors (Lipinski definition) is 2. The Bertz CT molecular complexity index is 1180. The number of thioether (sulfide) groups is 1. The third-order valence-electron chi connectivity index (χ3n) is 5.04. The zero-order chi connectivity index (χ0) is 24.0. The fourth-order valence-corrected chi connectivity index (χ4v) is 4.66. The van der Waals surface area contributed by atoms with Gasteiger partial charge in [0.05, 0.1) is 23.2 Å². The van der Waals surface area contributed by atoms with Crippen molar-refractivity contribution >= 4 is 33.4 Å². The van der Waals surface area contributed by atoms with Gasteiger partial charge >= 0.3 is 0 Å². The summed E-state index contributed by atoms with van der Waals surface area (Å²) in [5.41, 5.74) is 1.60. The van der Waals surface area contributed by atoms with Gasteiger partial charge in [-0.25, -0.2) is 13.6 Å². The quantitative estimate of drug-likeness (QED) is 0.421. The number of sulfonamides is 1. The second-order valence-corrected chi connectivity index (χ2v) is 10.2. The van der Waals surface area contributed by atoms with Crippen LogP contribution in [0.25, 0.3) is 0 Å². The molecule has 9 nitrogen and oxygen atoms in total. The Kier molecular flexibility index (Phi) is 8.25. The summed E-state index contributed by atoms with van der Waals surface area (Å²) in [5.74, 6) is 0.745. The topological polar surface area (TPSA) is 123 Å². The van der Waals surface area contributed by atoms with Crippen LogP contribution in [-0.4, -0.2) is 53.8 Å². The van der Waals surface area contributed by atoms with E-state index in [9.17, 15) is 13.2 Å². The fourth-order valence-electron chi connectivity index (χ4n) is 3.40. The predicted octanol–water partition coefficient (Wildman–Crippen LogP) is 2.72. The maximum Gasteiger partial charge on any atom is 0.238 e. The van der Waals surface area contributed by atoms with E-state index in [0.717, 1.165) is 17.8 Å². The Morgan fingerprint density at radius 2 is 1.79 bits per heavy atom. The molecule has 1 atom stereocenters. The summed E-state index contributed by atoms with van der Waals surface area (Å²) in [6.07, 6.45) is 0.875. The number of nitrogens with one attached hydrogen (secondary N) is 1. The van der Waals surface area contributed by atoms with Crippen LogP contribution < -0.4 is 10.5 Å². The molecule has 0 aliphatic rings. The summed E-state index contributed by atoms with van der Waals surface area (Å²) in [7, 11) is 0.246. The molecule has 0 unspecified atom stereocenters. The molecule has 0 saturated carbocycles. The minimum atomic E-state index is -3.78. The van der Waals surface area contributed by atoms with Gasteiger partial charge in [0.15, 0.2) is 11.0 Å². The van der Waals surface area contributed by atoms with E-state index in [1.54, 1.807) is 0 Å². The molecule has 0 spiro atoms. The summed E-state index contributed by atoms with van der Waals surface area (Å²) < 4.78 is 24.8. The molecule has 0 aliphatic heterocycles. The number of benzene rings is 2. The monoisotopic (exact) mass is 488 g/mol. The van der Waals surface area contributed by atoms with Crippen LogP contribution in [0.1, 0.15) is 30.8 Å². The standard InChI is InChI=1S/C22H28N6O3S2/c1-4-19(27(2)3)21-25-26-22(28(21)14-16-8-6-5-7-9-16)32-15-20(29)24-17-10-12-18(13-11-17)33(23,30)31/h5-13,19H,4,14-15H2,1-3H3,(H,24,29)(H2,23,30,31)/t19-/m1/s1. The van der Waals surface area contributed by atoms with E-state index in [2.05, 4.69) is 31.9 Å². The third kappa shape index (κ3) is 6.64. The number of carbonyl (C=O) groups is 1. The largest absolute Gasteiger partial charge is 0.325 e. The number of nitrogens with two attached hydrogens (primary N) is 1. The van der Waals surface area contributed by atoms with Crippen molar-refractivity contribution in [3.8, 4) is 0 Å². The highest BCUT2D eigenvalue weighted by Gasteiger charge is 2.22. The van der Waals surface area contributed by atoms with E-state index >= 15 is 0 Å². The summed E-state index contributed by atoms with van der Waals surface area (Å²) in [4.78, 5) is 14.6. The minimum absolute atomic E-state index is 0.0113. The molecular weight excluding hydrogens is 460 g/mol. The van der Waals surface area contributed by atoms with E-state index in [0.29, 0.717) is 17.4 Å². The van der Waals surface area contributed by atoms with E-state index in [1.807, 2.05) is 44.4 Å². The van der Waals surface area contributed by atoms with Crippen molar-refractivity contribution in [3.63, 3.8) is 0 Å². The van der Waals surface area contributed by atoms with Gasteiger partial charge in [0, 0.05) is 5.69 Å². The van der Waals surface area contributed by atoms with Crippen LogP contribution in [0, 0.1) is 0 Å². The molecule has 0 bridgehead atoms. The number of rotatable bonds is 10. The van der Waals surface area contributed by atoms with Crippen molar-refractivity contribution in [3.05, 3.63) is 66.0 Å². The van der Waals surface area contributed by atoms with Crippen molar-refractivity contribution in [2.75, 3.05) is 25.2 Å². The first-order chi connectivity index (χ1) is 15.7. The zero-order valence-electron chi connectivity index (χ0n) is 18.8. The molecule has 1 heterocycles. The average molecular weight is 489 g/mol. The lowest BCUT2D eigenvalue weighted by atomic mass is 10.2. The van der Waals surface area contributed by atoms with Gasteiger partial charge < -0.3 is 9.88 Å². The Hall–Kier alpha value is -2.73. The van der Waals surface area contributed by atoms with E-state index in [4.69, 9.17) is 5.14 Å². The van der Waals surface area contributed by atoms with Gasteiger partial charge in [0.2, 0.25) is 15.9 Å². The summed E-state index contributed by atoms with van der Waals surface area (Å²) in [6, 6.07) is 15.9. The van der Waals surface area contributed by atoms with E-state index in [-0.39, 0.29) is 22.6 Å². The maximum absolute atomic E-state index is 12.5. The highest BCUT2D eigenvalue weighted by atomic mass is 32.2. The van der Waals surface area contributed by atoms with E-state index in [1.165, 1.54) is 36.0 Å². The number of primary sulfonamides is 1. The molecule has 11 heteroatoms. The molecule has 1 amide bonds. The van der Waals surface area contributed by atoms with Gasteiger partial charge in [-0.3, -0.25) is 9.69 Å². The van der Waals surface area contributed by atoms with Crippen molar-refractivity contribution < 1.29 is 13.2 Å². The third-order valence-corrected chi connectivity index (χ3v) is 6.93. The molecular formula is C22H28N6O3S2. The Morgan fingerprint density at radius 1 is 1.12 bits per heavy atom. The number of aromatic nitrogens is 3. The number of hydrogen-bond acceptors (Lipinski definition) is 7. The van der Waals surface area contributed by atoms with Crippen molar-refractivity contribution in [2.45, 2.75) is 36.0 Å². The van der Waals surface area contributed by atoms with Crippen molar-refractivity contribution in [2.24, 2.45) is 5.14 Å². The zero-order valence-corrected chi connectivity index (χ0v) is 20.4. The number of carbonyl (C=O) groups excluding carboxylic acids is 1. The summed E-state index contributed by atoms with van der Waals surface area (Å²) in [6.45, 7) is 2.71. The lowest BCUT2D eigenvalue weighted by Gasteiger charge is -2.23. The van der Waals surface area contributed by atoms with Crippen molar-refractivity contribution in [1.82, 2.24) is 19.7 Å². The molecule has 0 radical (unpaired) electrons. The van der Waals surface area contributed by atoms with Crippen LogP contribution >= 0.6 is 11.8 Å². The first-order valence-corrected chi connectivity index (χ1v) is 12.9. The highest BCUT2D eigenvalue weighted by Crippen LogP contribution is 2.26. The molecule has 0 fully saturated rings. The number of amides is 1. The number of nitrogens with zero attached hydrogens (tertiary/aromatic N) is 4. The van der Waals surface area contributed by atoms with E-state index < -0.39 is 10.0 Å². The second kappa shape index (κ2) is 10.9. The molecule has 3 aromatic rings. The van der Waals surface area contributed by atoms with Gasteiger partial charge in [-0.15, -0.1) is 10.2 Å². The van der Waals surface area contributed by atoms with Gasteiger partial charge in [-0.2, -0.15) is 0 Å². The molecule has 0 aliphatic carbocycles. The molecule has 1 aromatic heterocycles. The van der Waals surface area contributed by atoms with Gasteiger partial charge in [-0.05, 0) is 50.3 Å². The van der Waals surface area contributed by atoms with Crippen LogP contribution in [0.5, 0.6) is 0 Å². The smallest absolute Gasteiger partial charge is 0.238 e. The summed E-state index contributed by atoms with van der Waals surface area (Å²) >= 11 is 1.30. The minimum Gasteiger partial charge on any atom is -0.325 e. The number of anilines is 1. The molecule has 3 N–H and O–H groups in total. The first kappa shape index (κ1) is 24.9. The summed E-state index contributed by atoms with van der Waals surface area (Å²) in [5, 5.41) is 17.3. The van der Waals surface area contributed by atoms with Crippen molar-refractivity contribution in [1.29, 1.82) is 0 Å². The second-order valence-electron chi connectivity index (χ2n) is 7.71. The lowest BCUT2D eigenvalue weighted by molar-refractivity contribution is -0.113. The van der Waals surface area contributed by atoms with Crippen LogP contribution in [0.2, 0.25) is 0 Å². The SMILES string of the molecule is CC[C@H](c1nnc(SCC(=O)Nc2ccc(S(N)(=O)=O)cc2)n1Cc1ccccc1)N(C)C. The average Bonchev–Trinajstić information content (AvgIpc) is 3.15. The van der Waals surface area contributed by atoms with Crippen LogP contribution in [-0.2, 0) is 21.4 Å². The fraction of sp³-hybridized carbons (Fsp3) is 0.318.